The summed E-state index contributed by atoms with van der Waals surface area (Å²) >= 11 is 0. The van der Waals surface area contributed by atoms with E-state index >= 15 is 0 Å². The number of likely N-dealkylation sites (N-methyl/N-ethyl adjacent to an activating group) is 1. The molecule has 6 nitrogen and oxygen atoms in total. The van der Waals surface area contributed by atoms with Crippen molar-refractivity contribution in [1.29, 1.82) is 0 Å². The van der Waals surface area contributed by atoms with Gasteiger partial charge in [-0.05, 0) is 14.1 Å². The zero-order valence-electron chi connectivity index (χ0n) is 11.2. The molecule has 2 heterocycles. The molecule has 0 atom stereocenters. The zero-order valence-corrected chi connectivity index (χ0v) is 11.2. The molecule has 0 unspecified atom stereocenters. The van der Waals surface area contributed by atoms with Gasteiger partial charge in [0, 0.05) is 45.3 Å². The Hall–Kier alpha value is -1.40. The van der Waals surface area contributed by atoms with Crippen LogP contribution in [0.5, 0.6) is 0 Å². The number of nitrogens with zero attached hydrogens (tertiary/aromatic N) is 4. The van der Waals surface area contributed by atoms with E-state index in [2.05, 4.69) is 44.5 Å². The molecule has 18 heavy (non-hydrogen) atoms. The summed E-state index contributed by atoms with van der Waals surface area (Å²) in [6.45, 7) is 5.95. The molecule has 1 saturated heterocycles. The van der Waals surface area contributed by atoms with Crippen molar-refractivity contribution in [3.05, 3.63) is 12.4 Å². The molecule has 6 heteroatoms. The molecule has 0 aliphatic carbocycles. The lowest BCUT2D eigenvalue weighted by molar-refractivity contribution is 0.425. The minimum atomic E-state index is 0.894. The van der Waals surface area contributed by atoms with Crippen LogP contribution in [0.15, 0.2) is 12.4 Å². The van der Waals surface area contributed by atoms with Crippen molar-refractivity contribution >= 4 is 11.6 Å². The Bertz CT molecular complexity index is 361. The standard InChI is InChI=1S/C12H22N6/c1-17(2)6-5-14-11-9-12(16-10-15-11)18-7-3-13-4-8-18/h9-10,13H,3-8H2,1-2H3,(H,14,15,16). The fourth-order valence-electron chi connectivity index (χ4n) is 1.92. The van der Waals surface area contributed by atoms with Crippen LogP contribution in [-0.2, 0) is 0 Å². The van der Waals surface area contributed by atoms with Crippen LogP contribution >= 0.6 is 0 Å². The van der Waals surface area contributed by atoms with Crippen LogP contribution in [-0.4, -0.2) is 68.2 Å². The Kier molecular flexibility index (Phi) is 4.72. The third-order valence-corrected chi connectivity index (χ3v) is 2.96. The average molecular weight is 250 g/mol. The van der Waals surface area contributed by atoms with Gasteiger partial charge in [0.2, 0.25) is 0 Å². The lowest BCUT2D eigenvalue weighted by Crippen LogP contribution is -2.43. The summed E-state index contributed by atoms with van der Waals surface area (Å²) in [5.41, 5.74) is 0. The largest absolute Gasteiger partial charge is 0.369 e. The van der Waals surface area contributed by atoms with E-state index in [4.69, 9.17) is 0 Å². The summed E-state index contributed by atoms with van der Waals surface area (Å²) in [6, 6.07) is 2.03. The highest BCUT2D eigenvalue weighted by Crippen LogP contribution is 2.14. The quantitative estimate of drug-likeness (QED) is 0.758. The fourth-order valence-corrected chi connectivity index (χ4v) is 1.92. The normalized spacial score (nSPS) is 16.1. The van der Waals surface area contributed by atoms with E-state index in [9.17, 15) is 0 Å². The molecular formula is C12H22N6. The van der Waals surface area contributed by atoms with E-state index < -0.39 is 0 Å². The lowest BCUT2D eigenvalue weighted by Gasteiger charge is -2.28. The van der Waals surface area contributed by atoms with Gasteiger partial charge in [0.1, 0.15) is 18.0 Å². The third-order valence-electron chi connectivity index (χ3n) is 2.96. The van der Waals surface area contributed by atoms with Gasteiger partial charge in [-0.15, -0.1) is 0 Å². The van der Waals surface area contributed by atoms with Crippen molar-refractivity contribution in [1.82, 2.24) is 20.2 Å². The number of hydrogen-bond acceptors (Lipinski definition) is 6. The van der Waals surface area contributed by atoms with E-state index in [1.807, 2.05) is 6.07 Å². The van der Waals surface area contributed by atoms with Crippen LogP contribution in [0.2, 0.25) is 0 Å². The SMILES string of the molecule is CN(C)CCNc1cc(N2CCNCC2)ncn1. The van der Waals surface area contributed by atoms with Gasteiger partial charge in [0.25, 0.3) is 0 Å². The Morgan fingerprint density at radius 2 is 2.11 bits per heavy atom. The summed E-state index contributed by atoms with van der Waals surface area (Å²) in [6.07, 6.45) is 1.63. The van der Waals surface area contributed by atoms with Gasteiger partial charge in [-0.1, -0.05) is 0 Å². The number of rotatable bonds is 5. The van der Waals surface area contributed by atoms with Crippen molar-refractivity contribution in [3.8, 4) is 0 Å². The van der Waals surface area contributed by atoms with Crippen molar-refractivity contribution < 1.29 is 0 Å². The first-order valence-electron chi connectivity index (χ1n) is 6.42. The van der Waals surface area contributed by atoms with Gasteiger partial charge in [0.05, 0.1) is 0 Å². The predicted octanol–water partition coefficient (Wildman–Crippen LogP) is -0.140. The summed E-state index contributed by atoms with van der Waals surface area (Å²) in [7, 11) is 4.13. The van der Waals surface area contributed by atoms with E-state index in [1.165, 1.54) is 0 Å². The highest BCUT2D eigenvalue weighted by molar-refractivity contribution is 5.48. The van der Waals surface area contributed by atoms with Gasteiger partial charge in [-0.25, -0.2) is 9.97 Å². The minimum absolute atomic E-state index is 0.894. The molecule has 1 fully saturated rings. The van der Waals surface area contributed by atoms with Gasteiger partial charge in [-0.3, -0.25) is 0 Å². The van der Waals surface area contributed by atoms with E-state index in [0.717, 1.165) is 50.9 Å². The number of hydrogen-bond donors (Lipinski definition) is 2. The van der Waals surface area contributed by atoms with E-state index in [-0.39, 0.29) is 0 Å². The smallest absolute Gasteiger partial charge is 0.134 e. The highest BCUT2D eigenvalue weighted by atomic mass is 15.2. The molecule has 0 spiro atoms. The highest BCUT2D eigenvalue weighted by Gasteiger charge is 2.11. The van der Waals surface area contributed by atoms with Crippen molar-refractivity contribution in [3.63, 3.8) is 0 Å². The van der Waals surface area contributed by atoms with Gasteiger partial charge in [0.15, 0.2) is 0 Å². The van der Waals surface area contributed by atoms with Crippen molar-refractivity contribution in [2.24, 2.45) is 0 Å². The first kappa shape index (κ1) is 13.0. The van der Waals surface area contributed by atoms with Gasteiger partial charge in [-0.2, -0.15) is 0 Å². The van der Waals surface area contributed by atoms with Crippen LogP contribution in [0.1, 0.15) is 0 Å². The average Bonchev–Trinajstić information content (AvgIpc) is 2.40. The van der Waals surface area contributed by atoms with Crippen LogP contribution < -0.4 is 15.5 Å². The second kappa shape index (κ2) is 6.51. The molecule has 2 N–H and O–H groups in total. The van der Waals surface area contributed by atoms with E-state index in [0.29, 0.717) is 0 Å². The summed E-state index contributed by atoms with van der Waals surface area (Å²) in [4.78, 5) is 13.0. The Labute approximate surface area is 108 Å². The first-order chi connectivity index (χ1) is 8.75. The second-order valence-corrected chi connectivity index (χ2v) is 4.73. The molecule has 1 aromatic rings. The minimum Gasteiger partial charge on any atom is -0.369 e. The Morgan fingerprint density at radius 3 is 2.83 bits per heavy atom. The van der Waals surface area contributed by atoms with Crippen molar-refractivity contribution in [2.45, 2.75) is 0 Å². The Balaban J connectivity index is 1.91. The molecule has 0 amide bonds. The molecule has 0 radical (unpaired) electrons. The maximum absolute atomic E-state index is 4.34. The van der Waals surface area contributed by atoms with Gasteiger partial charge < -0.3 is 20.4 Å². The summed E-state index contributed by atoms with van der Waals surface area (Å²) in [5.74, 6) is 1.92. The molecule has 1 aliphatic rings. The molecule has 0 aromatic carbocycles. The van der Waals surface area contributed by atoms with Crippen LogP contribution in [0, 0.1) is 0 Å². The van der Waals surface area contributed by atoms with Crippen LogP contribution in [0.4, 0.5) is 11.6 Å². The van der Waals surface area contributed by atoms with Crippen molar-refractivity contribution in [2.75, 3.05) is 63.6 Å². The molecule has 1 aliphatic heterocycles. The molecule has 100 valence electrons. The summed E-state index contributed by atoms with van der Waals surface area (Å²) in [5, 5.41) is 6.66. The fraction of sp³-hybridized carbons (Fsp3) is 0.667. The van der Waals surface area contributed by atoms with Crippen LogP contribution in [0.3, 0.4) is 0 Å². The molecule has 1 aromatic heterocycles. The van der Waals surface area contributed by atoms with Crippen LogP contribution in [0.25, 0.3) is 0 Å². The topological polar surface area (TPSA) is 56.3 Å². The lowest BCUT2D eigenvalue weighted by atomic mass is 10.3. The molecule has 0 bridgehead atoms. The van der Waals surface area contributed by atoms with Gasteiger partial charge >= 0.3 is 0 Å². The summed E-state index contributed by atoms with van der Waals surface area (Å²) < 4.78 is 0. The molecule has 0 saturated carbocycles. The monoisotopic (exact) mass is 250 g/mol. The zero-order chi connectivity index (χ0) is 12.8. The maximum Gasteiger partial charge on any atom is 0.134 e. The van der Waals surface area contributed by atoms with E-state index in [1.54, 1.807) is 6.33 Å². The molecular weight excluding hydrogens is 228 g/mol. The second-order valence-electron chi connectivity index (χ2n) is 4.73. The number of piperazine rings is 1. The first-order valence-corrected chi connectivity index (χ1v) is 6.42. The predicted molar refractivity (Wildman–Crippen MR) is 74.2 cm³/mol. The maximum atomic E-state index is 4.34. The number of anilines is 2. The Morgan fingerprint density at radius 1 is 1.33 bits per heavy atom. The number of nitrogens with one attached hydrogen (secondary N) is 2. The third kappa shape index (κ3) is 3.82. The number of aromatic nitrogens is 2. The molecule has 2 rings (SSSR count).